The molecule has 0 saturated carbocycles. The average Bonchev–Trinajstić information content (AvgIpc) is 2.35. The van der Waals surface area contributed by atoms with Crippen LogP contribution in [-0.2, 0) is 4.79 Å². The number of amides is 1. The van der Waals surface area contributed by atoms with Crippen molar-refractivity contribution in [3.8, 4) is 0 Å². The van der Waals surface area contributed by atoms with Crippen molar-refractivity contribution in [3.63, 3.8) is 0 Å². The standard InChI is InChI=1S/C13H18ClN3OS/c1-3-6-16-12(18)8-17(2)11-5-4-9(13(15)19)7-10(11)14/h4-5,7H,3,6,8H2,1-2H3,(H2,15,19)(H,16,18). The SMILES string of the molecule is CCCNC(=O)CN(C)c1ccc(C(N)=S)cc1Cl. The zero-order valence-electron chi connectivity index (χ0n) is 11.1. The second kappa shape index (κ2) is 7.31. The summed E-state index contributed by atoms with van der Waals surface area (Å²) in [6.07, 6.45) is 0.916. The molecule has 0 saturated heterocycles. The summed E-state index contributed by atoms with van der Waals surface area (Å²) in [4.78, 5) is 13.7. The Labute approximate surface area is 123 Å². The van der Waals surface area contributed by atoms with Gasteiger partial charge in [-0.15, -0.1) is 0 Å². The summed E-state index contributed by atoms with van der Waals surface area (Å²) in [6.45, 7) is 2.95. The third kappa shape index (κ3) is 4.69. The number of halogens is 1. The van der Waals surface area contributed by atoms with Crippen LogP contribution in [0.3, 0.4) is 0 Å². The van der Waals surface area contributed by atoms with Gasteiger partial charge in [0.1, 0.15) is 4.99 Å². The highest BCUT2D eigenvalue weighted by molar-refractivity contribution is 7.80. The van der Waals surface area contributed by atoms with Crippen LogP contribution < -0.4 is 16.0 Å². The van der Waals surface area contributed by atoms with E-state index in [0.717, 1.165) is 12.1 Å². The largest absolute Gasteiger partial charge is 0.389 e. The molecular weight excluding hydrogens is 282 g/mol. The maximum atomic E-state index is 11.6. The molecule has 4 nitrogen and oxygen atoms in total. The zero-order valence-corrected chi connectivity index (χ0v) is 12.6. The Bertz CT molecular complexity index is 479. The number of hydrogen-bond donors (Lipinski definition) is 2. The molecule has 0 radical (unpaired) electrons. The lowest BCUT2D eigenvalue weighted by atomic mass is 10.2. The van der Waals surface area contributed by atoms with Gasteiger partial charge in [0.05, 0.1) is 17.3 Å². The van der Waals surface area contributed by atoms with Crippen molar-refractivity contribution in [2.45, 2.75) is 13.3 Å². The number of thiocarbonyl (C=S) groups is 1. The number of anilines is 1. The second-order valence-electron chi connectivity index (χ2n) is 4.24. The van der Waals surface area contributed by atoms with Gasteiger partial charge in [0.2, 0.25) is 5.91 Å². The molecule has 1 amide bonds. The first kappa shape index (κ1) is 15.7. The zero-order chi connectivity index (χ0) is 14.4. The fraction of sp³-hybridized carbons (Fsp3) is 0.385. The minimum absolute atomic E-state index is 0.0289. The molecule has 0 atom stereocenters. The molecule has 0 bridgehead atoms. The first-order valence-electron chi connectivity index (χ1n) is 6.03. The first-order chi connectivity index (χ1) is 8.95. The van der Waals surface area contributed by atoms with E-state index in [1.165, 1.54) is 0 Å². The highest BCUT2D eigenvalue weighted by Gasteiger charge is 2.11. The van der Waals surface area contributed by atoms with E-state index >= 15 is 0 Å². The van der Waals surface area contributed by atoms with Gasteiger partial charge in [-0.3, -0.25) is 4.79 Å². The quantitative estimate of drug-likeness (QED) is 0.788. The van der Waals surface area contributed by atoms with Crippen LogP contribution in [0.5, 0.6) is 0 Å². The molecular formula is C13H18ClN3OS. The molecule has 1 aromatic rings. The molecule has 1 aromatic carbocycles. The van der Waals surface area contributed by atoms with Crippen LogP contribution in [-0.4, -0.2) is 31.0 Å². The summed E-state index contributed by atoms with van der Waals surface area (Å²) in [7, 11) is 1.81. The maximum absolute atomic E-state index is 11.6. The Balaban J connectivity index is 2.74. The molecule has 19 heavy (non-hydrogen) atoms. The molecule has 0 fully saturated rings. The molecule has 0 aliphatic carbocycles. The lowest BCUT2D eigenvalue weighted by molar-refractivity contribution is -0.119. The fourth-order valence-corrected chi connectivity index (χ4v) is 2.04. The average molecular weight is 300 g/mol. The molecule has 104 valence electrons. The highest BCUT2D eigenvalue weighted by atomic mass is 35.5. The minimum Gasteiger partial charge on any atom is -0.389 e. The molecule has 0 heterocycles. The minimum atomic E-state index is -0.0289. The topological polar surface area (TPSA) is 58.4 Å². The van der Waals surface area contributed by atoms with Gasteiger partial charge in [0.15, 0.2) is 0 Å². The van der Waals surface area contributed by atoms with Crippen molar-refractivity contribution in [3.05, 3.63) is 28.8 Å². The van der Waals surface area contributed by atoms with E-state index in [1.54, 1.807) is 17.0 Å². The molecule has 0 unspecified atom stereocenters. The Kier molecular flexibility index (Phi) is 6.05. The van der Waals surface area contributed by atoms with Crippen LogP contribution in [0, 0.1) is 0 Å². The predicted octanol–water partition coefficient (Wildman–Crippen LogP) is 1.94. The van der Waals surface area contributed by atoms with Crippen LogP contribution in [0.2, 0.25) is 5.02 Å². The smallest absolute Gasteiger partial charge is 0.239 e. The molecule has 6 heteroatoms. The summed E-state index contributed by atoms with van der Waals surface area (Å²) in [5, 5.41) is 3.34. The maximum Gasteiger partial charge on any atom is 0.239 e. The molecule has 0 spiro atoms. The van der Waals surface area contributed by atoms with Gasteiger partial charge in [0.25, 0.3) is 0 Å². The van der Waals surface area contributed by atoms with Crippen molar-refractivity contribution in [2.75, 3.05) is 25.0 Å². The number of nitrogens with one attached hydrogen (secondary N) is 1. The summed E-state index contributed by atoms with van der Waals surface area (Å²) in [5.74, 6) is -0.0289. The van der Waals surface area contributed by atoms with Gasteiger partial charge in [-0.25, -0.2) is 0 Å². The molecule has 1 rings (SSSR count). The van der Waals surface area contributed by atoms with Crippen LogP contribution in [0.1, 0.15) is 18.9 Å². The lowest BCUT2D eigenvalue weighted by Gasteiger charge is -2.20. The Morgan fingerprint density at radius 3 is 2.74 bits per heavy atom. The van der Waals surface area contributed by atoms with Crippen LogP contribution in [0.15, 0.2) is 18.2 Å². The van der Waals surface area contributed by atoms with Gasteiger partial charge < -0.3 is 16.0 Å². The van der Waals surface area contributed by atoms with Gasteiger partial charge in [0, 0.05) is 19.2 Å². The Morgan fingerprint density at radius 1 is 1.53 bits per heavy atom. The van der Waals surface area contributed by atoms with Crippen LogP contribution in [0.4, 0.5) is 5.69 Å². The van der Waals surface area contributed by atoms with Crippen LogP contribution in [0.25, 0.3) is 0 Å². The second-order valence-corrected chi connectivity index (χ2v) is 5.08. The third-order valence-electron chi connectivity index (χ3n) is 2.60. The molecule has 0 aliphatic heterocycles. The Morgan fingerprint density at radius 2 is 2.21 bits per heavy atom. The number of nitrogens with two attached hydrogens (primary N) is 1. The number of hydrogen-bond acceptors (Lipinski definition) is 3. The van der Waals surface area contributed by atoms with E-state index in [-0.39, 0.29) is 12.5 Å². The number of benzene rings is 1. The summed E-state index contributed by atoms with van der Waals surface area (Å²) >= 11 is 11.1. The summed E-state index contributed by atoms with van der Waals surface area (Å²) in [6, 6.07) is 5.31. The van der Waals surface area contributed by atoms with Crippen molar-refractivity contribution < 1.29 is 4.79 Å². The number of likely N-dealkylation sites (N-methyl/N-ethyl adjacent to an activating group) is 1. The van der Waals surface area contributed by atoms with E-state index in [0.29, 0.717) is 22.1 Å². The molecule has 3 N–H and O–H groups in total. The highest BCUT2D eigenvalue weighted by Crippen LogP contribution is 2.25. The van der Waals surface area contributed by atoms with E-state index in [1.807, 2.05) is 20.0 Å². The van der Waals surface area contributed by atoms with E-state index in [9.17, 15) is 4.79 Å². The first-order valence-corrected chi connectivity index (χ1v) is 6.81. The molecule has 0 aliphatic rings. The van der Waals surface area contributed by atoms with Crippen molar-refractivity contribution in [1.82, 2.24) is 5.32 Å². The van der Waals surface area contributed by atoms with Crippen LogP contribution >= 0.6 is 23.8 Å². The summed E-state index contributed by atoms with van der Waals surface area (Å²) < 4.78 is 0. The van der Waals surface area contributed by atoms with Crippen molar-refractivity contribution >= 4 is 40.4 Å². The number of carbonyl (C=O) groups excluding carboxylic acids is 1. The predicted molar refractivity (Wildman–Crippen MR) is 83.9 cm³/mol. The van der Waals surface area contributed by atoms with Gasteiger partial charge in [-0.2, -0.15) is 0 Å². The lowest BCUT2D eigenvalue weighted by Crippen LogP contribution is -2.35. The number of carbonyl (C=O) groups is 1. The van der Waals surface area contributed by atoms with Gasteiger partial charge in [-0.1, -0.05) is 30.7 Å². The van der Waals surface area contributed by atoms with E-state index < -0.39 is 0 Å². The monoisotopic (exact) mass is 299 g/mol. The van der Waals surface area contributed by atoms with Crippen molar-refractivity contribution in [1.29, 1.82) is 0 Å². The Hall–Kier alpha value is -1.33. The van der Waals surface area contributed by atoms with Gasteiger partial charge in [-0.05, 0) is 24.6 Å². The normalized spacial score (nSPS) is 10.1. The summed E-state index contributed by atoms with van der Waals surface area (Å²) in [5.41, 5.74) is 7.03. The van der Waals surface area contributed by atoms with E-state index in [2.05, 4.69) is 5.32 Å². The molecule has 0 aromatic heterocycles. The third-order valence-corrected chi connectivity index (χ3v) is 3.13. The number of rotatable bonds is 6. The van der Waals surface area contributed by atoms with Crippen molar-refractivity contribution in [2.24, 2.45) is 5.73 Å². The van der Waals surface area contributed by atoms with E-state index in [4.69, 9.17) is 29.6 Å². The number of nitrogens with zero attached hydrogens (tertiary/aromatic N) is 1. The fourth-order valence-electron chi connectivity index (χ4n) is 1.59. The van der Waals surface area contributed by atoms with Gasteiger partial charge >= 0.3 is 0 Å².